The topological polar surface area (TPSA) is 96.0 Å². The summed E-state index contributed by atoms with van der Waals surface area (Å²) in [5.74, 6) is -1.63. The van der Waals surface area contributed by atoms with Crippen molar-refractivity contribution in [1.82, 2.24) is 0 Å². The van der Waals surface area contributed by atoms with Gasteiger partial charge in [0.15, 0.2) is 5.78 Å². The zero-order valence-electron chi connectivity index (χ0n) is 16.9. The van der Waals surface area contributed by atoms with E-state index in [1.807, 2.05) is 0 Å². The van der Waals surface area contributed by atoms with Crippen LogP contribution in [0, 0.1) is 17.8 Å². The van der Waals surface area contributed by atoms with Crippen molar-refractivity contribution in [3.8, 4) is 0 Å². The van der Waals surface area contributed by atoms with Crippen LogP contribution < -0.4 is 0 Å². The molecule has 1 saturated carbocycles. The average Bonchev–Trinajstić information content (AvgIpc) is 2.86. The molecular weight excluding hydrogens is 364 g/mol. The lowest BCUT2D eigenvalue weighted by atomic mass is 9.84. The fourth-order valence-electron chi connectivity index (χ4n) is 4.10. The fraction of sp³-hybridized carbons (Fsp3) is 0.619. The number of carbonyl (C=O) groups is 4. The molecule has 154 valence electrons. The molecule has 0 heterocycles. The highest BCUT2D eigenvalue weighted by Gasteiger charge is 2.46. The predicted octanol–water partition coefficient (Wildman–Crippen LogP) is 2.53. The Morgan fingerprint density at radius 1 is 1.04 bits per heavy atom. The van der Waals surface area contributed by atoms with Crippen LogP contribution in [0.3, 0.4) is 0 Å². The van der Waals surface area contributed by atoms with Crippen LogP contribution >= 0.6 is 0 Å². The highest BCUT2D eigenvalue weighted by atomic mass is 16.5. The van der Waals surface area contributed by atoms with E-state index in [2.05, 4.69) is 13.5 Å². The molecule has 1 fully saturated rings. The molecule has 0 aromatic carbocycles. The lowest BCUT2D eigenvalue weighted by Crippen LogP contribution is -2.32. The van der Waals surface area contributed by atoms with Crippen molar-refractivity contribution in [2.75, 3.05) is 13.2 Å². The molecule has 0 spiro atoms. The number of fused-ring (bicyclic) bond motifs is 1. The summed E-state index contributed by atoms with van der Waals surface area (Å²) in [7, 11) is 0. The quantitative estimate of drug-likeness (QED) is 0.389. The summed E-state index contributed by atoms with van der Waals surface area (Å²) in [6.45, 7) is 9.92. The van der Waals surface area contributed by atoms with Crippen LogP contribution in [0.25, 0.3) is 0 Å². The van der Waals surface area contributed by atoms with Crippen molar-refractivity contribution in [3.63, 3.8) is 0 Å². The number of ketones is 1. The summed E-state index contributed by atoms with van der Waals surface area (Å²) in [5.41, 5.74) is 1.76. The number of esters is 3. The third kappa shape index (κ3) is 5.09. The summed E-state index contributed by atoms with van der Waals surface area (Å²) < 4.78 is 15.9. The molecule has 2 aliphatic rings. The molecule has 0 radical (unpaired) electrons. The van der Waals surface area contributed by atoms with Crippen LogP contribution in [0.5, 0.6) is 0 Å². The number of rotatable bonds is 6. The van der Waals surface area contributed by atoms with Crippen LogP contribution in [0.4, 0.5) is 0 Å². The third-order valence-corrected chi connectivity index (χ3v) is 5.48. The second-order valence-electron chi connectivity index (χ2n) is 7.58. The van der Waals surface area contributed by atoms with Gasteiger partial charge in [0, 0.05) is 38.7 Å². The van der Waals surface area contributed by atoms with E-state index >= 15 is 0 Å². The summed E-state index contributed by atoms with van der Waals surface area (Å²) in [4.78, 5) is 47.0. The number of ether oxygens (including phenoxy) is 3. The molecule has 7 nitrogen and oxygen atoms in total. The first-order valence-electron chi connectivity index (χ1n) is 9.49. The van der Waals surface area contributed by atoms with E-state index in [0.717, 1.165) is 12.0 Å². The smallest absolute Gasteiger partial charge is 0.303 e. The minimum atomic E-state index is -0.687. The molecule has 7 heteroatoms. The standard InChI is InChI=1S/C21H28O7/c1-11-6-7-16(12(2)9-26-13(3)22)21(28-15(5)24)20-17(11)8-19(25)18(20)10-27-14(4)23/h11,16-17,21H,2,6-10H2,1,3-5H3/t11-,16+,17-,21-/m1/s1. The molecule has 0 amide bonds. The van der Waals surface area contributed by atoms with Gasteiger partial charge >= 0.3 is 17.9 Å². The molecular formula is C21H28O7. The highest BCUT2D eigenvalue weighted by Crippen LogP contribution is 2.46. The van der Waals surface area contributed by atoms with E-state index in [4.69, 9.17) is 14.2 Å². The molecule has 4 atom stereocenters. The molecule has 0 N–H and O–H groups in total. The largest absolute Gasteiger partial charge is 0.461 e. The maximum atomic E-state index is 12.7. The third-order valence-electron chi connectivity index (χ3n) is 5.48. The zero-order valence-corrected chi connectivity index (χ0v) is 16.9. The first kappa shape index (κ1) is 21.9. The van der Waals surface area contributed by atoms with Gasteiger partial charge in [0.2, 0.25) is 0 Å². The second-order valence-corrected chi connectivity index (χ2v) is 7.58. The van der Waals surface area contributed by atoms with E-state index in [9.17, 15) is 19.2 Å². The van der Waals surface area contributed by atoms with Crippen LogP contribution in [0.1, 0.15) is 47.0 Å². The Hall–Kier alpha value is -2.44. The SMILES string of the molecule is C=C(COC(C)=O)[C@@H]1CC[C@@H](C)[C@H]2CC(=O)C(COC(C)=O)=C2[C@@H]1OC(C)=O. The van der Waals surface area contributed by atoms with Crippen LogP contribution in [0.2, 0.25) is 0 Å². The van der Waals surface area contributed by atoms with Crippen molar-refractivity contribution in [2.24, 2.45) is 17.8 Å². The Balaban J connectivity index is 2.46. The van der Waals surface area contributed by atoms with Crippen molar-refractivity contribution in [1.29, 1.82) is 0 Å². The van der Waals surface area contributed by atoms with E-state index in [1.165, 1.54) is 20.8 Å². The van der Waals surface area contributed by atoms with Crippen molar-refractivity contribution < 1.29 is 33.4 Å². The van der Waals surface area contributed by atoms with Gasteiger partial charge < -0.3 is 14.2 Å². The predicted molar refractivity (Wildman–Crippen MR) is 100.0 cm³/mol. The normalized spacial score (nSPS) is 26.9. The van der Waals surface area contributed by atoms with Crippen LogP contribution in [-0.4, -0.2) is 43.0 Å². The Bertz CT molecular complexity index is 718. The van der Waals surface area contributed by atoms with E-state index in [0.29, 0.717) is 24.0 Å². The maximum absolute atomic E-state index is 12.7. The minimum Gasteiger partial charge on any atom is -0.461 e. The number of Topliss-reactive ketones (excluding diaryl/α,β-unsaturated/α-hetero) is 1. The van der Waals surface area contributed by atoms with E-state index in [-0.39, 0.29) is 36.8 Å². The van der Waals surface area contributed by atoms with Crippen LogP contribution in [0.15, 0.2) is 23.3 Å². The molecule has 0 aromatic heterocycles. The summed E-state index contributed by atoms with van der Waals surface area (Å²) >= 11 is 0. The van der Waals surface area contributed by atoms with Crippen molar-refractivity contribution >= 4 is 23.7 Å². The molecule has 0 unspecified atom stereocenters. The Morgan fingerprint density at radius 2 is 1.68 bits per heavy atom. The molecule has 0 aromatic rings. The van der Waals surface area contributed by atoms with Gasteiger partial charge in [-0.05, 0) is 35.8 Å². The molecule has 2 aliphatic carbocycles. The van der Waals surface area contributed by atoms with Gasteiger partial charge in [-0.2, -0.15) is 0 Å². The Labute approximate surface area is 165 Å². The van der Waals surface area contributed by atoms with Gasteiger partial charge in [-0.1, -0.05) is 13.5 Å². The number of hydrogen-bond acceptors (Lipinski definition) is 7. The van der Waals surface area contributed by atoms with Gasteiger partial charge in [-0.3, -0.25) is 19.2 Å². The molecule has 28 heavy (non-hydrogen) atoms. The molecule has 0 bridgehead atoms. The summed E-state index contributed by atoms with van der Waals surface area (Å²) in [5, 5.41) is 0. The zero-order chi connectivity index (χ0) is 21.0. The van der Waals surface area contributed by atoms with Crippen LogP contribution in [-0.2, 0) is 33.4 Å². The average molecular weight is 392 g/mol. The number of carbonyl (C=O) groups excluding carboxylic acids is 4. The monoisotopic (exact) mass is 392 g/mol. The summed E-state index contributed by atoms with van der Waals surface area (Å²) in [6.07, 6.45) is 1.12. The maximum Gasteiger partial charge on any atom is 0.303 e. The van der Waals surface area contributed by atoms with Crippen molar-refractivity contribution in [2.45, 2.75) is 53.1 Å². The van der Waals surface area contributed by atoms with Gasteiger partial charge in [0.05, 0.1) is 0 Å². The second kappa shape index (κ2) is 9.17. The van der Waals surface area contributed by atoms with Gasteiger partial charge in [0.25, 0.3) is 0 Å². The summed E-state index contributed by atoms with van der Waals surface area (Å²) in [6, 6.07) is 0. The first-order valence-corrected chi connectivity index (χ1v) is 9.49. The Kier molecular flexibility index (Phi) is 7.16. The minimum absolute atomic E-state index is 0.0251. The van der Waals surface area contributed by atoms with E-state index in [1.54, 1.807) is 0 Å². The molecule has 0 aliphatic heterocycles. The Morgan fingerprint density at radius 3 is 2.25 bits per heavy atom. The van der Waals surface area contributed by atoms with Crippen molar-refractivity contribution in [3.05, 3.63) is 23.3 Å². The molecule has 0 saturated heterocycles. The van der Waals surface area contributed by atoms with Gasteiger partial charge in [-0.25, -0.2) is 0 Å². The van der Waals surface area contributed by atoms with Gasteiger partial charge in [-0.15, -0.1) is 0 Å². The van der Waals surface area contributed by atoms with E-state index < -0.39 is 24.0 Å². The lowest BCUT2D eigenvalue weighted by molar-refractivity contribution is -0.147. The molecule has 2 rings (SSSR count). The number of hydrogen-bond donors (Lipinski definition) is 0. The fourth-order valence-corrected chi connectivity index (χ4v) is 4.10. The lowest BCUT2D eigenvalue weighted by Gasteiger charge is -2.30. The van der Waals surface area contributed by atoms with Gasteiger partial charge in [0.1, 0.15) is 19.3 Å². The first-order chi connectivity index (χ1) is 13.1. The highest BCUT2D eigenvalue weighted by molar-refractivity contribution is 6.00.